The molecule has 2 N–H and O–H groups in total. The molecular weight excluding hydrogens is 792 g/mol. The molecule has 16 heteroatoms. The predicted molar refractivity (Wildman–Crippen MR) is 225 cm³/mol. The number of aliphatic hydroxyl groups is 2. The van der Waals surface area contributed by atoms with Gasteiger partial charge in [0.05, 0.1) is 37.1 Å². The molecule has 0 fully saturated rings. The summed E-state index contributed by atoms with van der Waals surface area (Å²) in [7, 11) is 4.82. The smallest absolute Gasteiger partial charge is 0.414 e. The number of amides is 2. The topological polar surface area (TPSA) is 181 Å². The third-order valence-electron chi connectivity index (χ3n) is 11.1. The Morgan fingerprint density at radius 3 is 2.10 bits per heavy atom. The highest BCUT2D eigenvalue weighted by atomic mass is 19.1. The Kier molecular flexibility index (Phi) is 13.9. The Balaban J connectivity index is 1.78. The Bertz CT molecular complexity index is 2050. The van der Waals surface area contributed by atoms with E-state index in [0.29, 0.717) is 19.3 Å². The maximum absolute atomic E-state index is 17.9. The molecule has 61 heavy (non-hydrogen) atoms. The molecular formula is C45H65FN4O11. The molecule has 1 aromatic carbocycles. The molecule has 0 unspecified atom stereocenters. The first-order valence-electron chi connectivity index (χ1n) is 21.4. The number of ether oxygens (including phenoxy) is 4. The second-order valence-electron chi connectivity index (χ2n) is 19.1. The summed E-state index contributed by atoms with van der Waals surface area (Å²) in [6.07, 6.45) is 0.874. The fourth-order valence-electron chi connectivity index (χ4n) is 8.50. The number of unbranched alkanes of at least 4 members (excludes halogenated alkanes) is 2. The third-order valence-corrected chi connectivity index (χ3v) is 11.1. The Morgan fingerprint density at radius 2 is 1.54 bits per heavy atom. The average Bonchev–Trinajstić information content (AvgIpc) is 3.55. The molecule has 0 bridgehead atoms. The lowest BCUT2D eigenvalue weighted by atomic mass is 9.58. The highest BCUT2D eigenvalue weighted by Crippen LogP contribution is 2.57. The van der Waals surface area contributed by atoms with E-state index in [0.717, 1.165) is 11.3 Å². The third kappa shape index (κ3) is 9.25. The number of aromatic nitrogens is 1. The van der Waals surface area contributed by atoms with Crippen molar-refractivity contribution in [2.75, 3.05) is 45.8 Å². The van der Waals surface area contributed by atoms with Gasteiger partial charge in [0.15, 0.2) is 22.9 Å². The van der Waals surface area contributed by atoms with Gasteiger partial charge < -0.3 is 38.6 Å². The van der Waals surface area contributed by atoms with E-state index in [-0.39, 0.29) is 96.0 Å². The quantitative estimate of drug-likeness (QED) is 0.173. The van der Waals surface area contributed by atoms with Gasteiger partial charge in [-0.3, -0.25) is 19.4 Å². The van der Waals surface area contributed by atoms with Crippen molar-refractivity contribution in [2.24, 2.45) is 17.8 Å². The predicted octanol–water partition coefficient (Wildman–Crippen LogP) is 8.35. The van der Waals surface area contributed by atoms with Gasteiger partial charge in [-0.2, -0.15) is 0 Å². The molecule has 0 saturated carbocycles. The van der Waals surface area contributed by atoms with Crippen LogP contribution in [0, 0.1) is 23.6 Å². The number of anilines is 1. The van der Waals surface area contributed by atoms with Gasteiger partial charge in [-0.15, -0.1) is 0 Å². The normalized spacial score (nSPS) is 21.2. The van der Waals surface area contributed by atoms with Crippen molar-refractivity contribution >= 4 is 29.4 Å². The standard InChI is InChI=1S/C45H65FN4O11/c1-14-16-18-57-36-30-26(32(46)27(33(36)49(13)41(54)59-43(5,6)7)23-50(22-24(3)4)42(55)60-44(8,9)10)20-25-21-28-34(48(11)12)37-31(40(47-61-37)58-19-17-15-2)39(53)45(28,56)38(52)29(25)35(30)51/h24-25,28,34,52,56H,14-23H2,1-13H3/t25-,28-,34-,45-/m0/s1. The first-order chi connectivity index (χ1) is 28.4. The van der Waals surface area contributed by atoms with Crippen molar-refractivity contribution in [3.63, 3.8) is 0 Å². The SMILES string of the molecule is CCCCOc1noc2c1C(=O)[C@@]1(O)C(O)=C3C(=O)c4c(c(F)c(CN(CC(C)C)C(=O)OC(C)(C)C)c(N(C)C(=O)OC(C)(C)C)c4OCCCC)C[C@H]3C[C@H]1[C@@H]2N(C)C. The number of ketones is 2. The summed E-state index contributed by atoms with van der Waals surface area (Å²) >= 11 is 0. The van der Waals surface area contributed by atoms with Crippen molar-refractivity contribution in [1.29, 1.82) is 0 Å². The number of aliphatic hydroxyl groups excluding tert-OH is 1. The molecule has 3 aliphatic rings. The van der Waals surface area contributed by atoms with Gasteiger partial charge in [-0.25, -0.2) is 14.0 Å². The molecule has 3 aliphatic carbocycles. The lowest BCUT2D eigenvalue weighted by Gasteiger charge is -2.49. The van der Waals surface area contributed by atoms with Crippen LogP contribution in [0.3, 0.4) is 0 Å². The minimum absolute atomic E-state index is 0.0421. The first-order valence-corrected chi connectivity index (χ1v) is 21.4. The van der Waals surface area contributed by atoms with Gasteiger partial charge in [0.2, 0.25) is 5.78 Å². The number of carbonyl (C=O) groups is 4. The monoisotopic (exact) mass is 856 g/mol. The van der Waals surface area contributed by atoms with E-state index < -0.39 is 70.0 Å². The number of benzene rings is 1. The zero-order valence-corrected chi connectivity index (χ0v) is 38.1. The number of hydrogen-bond donors (Lipinski definition) is 2. The molecule has 5 rings (SSSR count). The molecule has 4 atom stereocenters. The number of allylic oxidation sites excluding steroid dienone is 1. The lowest BCUT2D eigenvalue weighted by Crippen LogP contribution is -2.59. The summed E-state index contributed by atoms with van der Waals surface area (Å²) in [5.41, 5.74) is -5.44. The molecule has 1 heterocycles. The van der Waals surface area contributed by atoms with Crippen LogP contribution < -0.4 is 14.4 Å². The molecule has 2 amide bonds. The Morgan fingerprint density at radius 1 is 0.951 bits per heavy atom. The average molecular weight is 857 g/mol. The molecule has 0 radical (unpaired) electrons. The zero-order chi connectivity index (χ0) is 45.5. The number of halogens is 1. The number of carbonyl (C=O) groups excluding carboxylic acids is 4. The minimum Gasteiger partial charge on any atom is -0.508 e. The number of hydrogen-bond acceptors (Lipinski definition) is 13. The molecule has 1 aromatic heterocycles. The molecule has 15 nitrogen and oxygen atoms in total. The van der Waals surface area contributed by atoms with Crippen molar-refractivity contribution in [1.82, 2.24) is 15.0 Å². The van der Waals surface area contributed by atoms with Crippen LogP contribution in [0.4, 0.5) is 19.7 Å². The van der Waals surface area contributed by atoms with E-state index >= 15 is 9.18 Å². The van der Waals surface area contributed by atoms with E-state index in [1.807, 2.05) is 27.7 Å². The fraction of sp³-hybridized carbons (Fsp3) is 0.667. The van der Waals surface area contributed by atoms with Gasteiger partial charge in [0.1, 0.15) is 28.3 Å². The minimum atomic E-state index is -2.61. The largest absolute Gasteiger partial charge is 0.508 e. The van der Waals surface area contributed by atoms with Crippen molar-refractivity contribution in [3.8, 4) is 11.6 Å². The maximum atomic E-state index is 17.9. The molecule has 0 spiro atoms. The molecule has 0 saturated heterocycles. The van der Waals surface area contributed by atoms with E-state index in [4.69, 9.17) is 23.5 Å². The summed E-state index contributed by atoms with van der Waals surface area (Å²) in [6.45, 7) is 18.0. The summed E-state index contributed by atoms with van der Waals surface area (Å²) in [5.74, 6) is -5.67. The second-order valence-corrected chi connectivity index (χ2v) is 19.1. The van der Waals surface area contributed by atoms with Crippen LogP contribution in [0.15, 0.2) is 15.9 Å². The molecule has 0 aliphatic heterocycles. The maximum Gasteiger partial charge on any atom is 0.414 e. The van der Waals surface area contributed by atoms with Crippen molar-refractivity contribution in [2.45, 2.75) is 137 Å². The fourth-order valence-corrected chi connectivity index (χ4v) is 8.50. The van der Waals surface area contributed by atoms with Gasteiger partial charge in [-0.05, 0) is 98.3 Å². The Hall–Kier alpha value is -4.70. The first kappa shape index (κ1) is 47.4. The van der Waals surface area contributed by atoms with E-state index in [1.165, 1.54) is 11.9 Å². The van der Waals surface area contributed by atoms with Gasteiger partial charge in [-0.1, -0.05) is 40.5 Å². The summed E-state index contributed by atoms with van der Waals surface area (Å²) < 4.78 is 47.3. The summed E-state index contributed by atoms with van der Waals surface area (Å²) in [6, 6.07) is -0.814. The number of nitrogens with zero attached hydrogens (tertiary/aromatic N) is 4. The summed E-state index contributed by atoms with van der Waals surface area (Å²) in [5, 5.41) is 28.9. The van der Waals surface area contributed by atoms with Gasteiger partial charge in [0, 0.05) is 36.2 Å². The van der Waals surface area contributed by atoms with Crippen molar-refractivity contribution in [3.05, 3.63) is 45.2 Å². The molecule has 338 valence electrons. The number of Topliss-reactive ketones (excluding diaryl/α,β-unsaturated/α-hetero) is 2. The van der Waals surface area contributed by atoms with Crippen LogP contribution in [0.25, 0.3) is 0 Å². The Labute approximate surface area is 358 Å². The molecule has 2 aromatic rings. The lowest BCUT2D eigenvalue weighted by molar-refractivity contribution is -0.0559. The van der Waals surface area contributed by atoms with Crippen LogP contribution in [-0.2, 0) is 22.4 Å². The van der Waals surface area contributed by atoms with Gasteiger partial charge >= 0.3 is 12.2 Å². The van der Waals surface area contributed by atoms with E-state index in [9.17, 15) is 24.6 Å². The van der Waals surface area contributed by atoms with Crippen LogP contribution in [-0.4, -0.2) is 107 Å². The zero-order valence-electron chi connectivity index (χ0n) is 38.1. The van der Waals surface area contributed by atoms with E-state index in [1.54, 1.807) is 60.5 Å². The van der Waals surface area contributed by atoms with Gasteiger partial charge in [0.25, 0.3) is 5.88 Å². The van der Waals surface area contributed by atoms with Crippen LogP contribution in [0.5, 0.6) is 11.6 Å². The number of fused-ring (bicyclic) bond motifs is 4. The van der Waals surface area contributed by atoms with Crippen LogP contribution in [0.2, 0.25) is 0 Å². The van der Waals surface area contributed by atoms with Crippen LogP contribution in [0.1, 0.15) is 145 Å². The second kappa shape index (κ2) is 18.0. The number of rotatable bonds is 14. The van der Waals surface area contributed by atoms with Crippen molar-refractivity contribution < 1.29 is 57.3 Å². The highest BCUT2D eigenvalue weighted by molar-refractivity contribution is 6.17. The van der Waals surface area contributed by atoms with E-state index in [2.05, 4.69) is 5.16 Å². The summed E-state index contributed by atoms with van der Waals surface area (Å²) in [4.78, 5) is 61.6. The highest BCUT2D eigenvalue weighted by Gasteiger charge is 2.64. The van der Waals surface area contributed by atoms with Crippen LogP contribution >= 0.6 is 0 Å².